The van der Waals surface area contributed by atoms with E-state index in [-0.39, 0.29) is 0 Å². The van der Waals surface area contributed by atoms with Gasteiger partial charge in [0.05, 0.1) is 0 Å². The zero-order valence-electron chi connectivity index (χ0n) is 4.82. The lowest BCUT2D eigenvalue weighted by Gasteiger charge is -2.07. The molecule has 0 saturated carbocycles. The summed E-state index contributed by atoms with van der Waals surface area (Å²) in [7, 11) is 0. The van der Waals surface area contributed by atoms with E-state index < -0.39 is 22.8 Å². The molecule has 58 valence electrons. The Kier molecular flexibility index (Phi) is 3.31. The van der Waals surface area contributed by atoms with Crippen LogP contribution in [0.1, 0.15) is 0 Å². The van der Waals surface area contributed by atoms with Gasteiger partial charge in [0.2, 0.25) is 0 Å². The van der Waals surface area contributed by atoms with Gasteiger partial charge in [0.1, 0.15) is 10.9 Å². The molecule has 0 aliphatic heterocycles. The van der Waals surface area contributed by atoms with Gasteiger partial charge in [-0.1, -0.05) is 15.9 Å². The van der Waals surface area contributed by atoms with Crippen molar-refractivity contribution in [3.8, 4) is 0 Å². The summed E-state index contributed by atoms with van der Waals surface area (Å²) in [6.07, 6.45) is 0. The van der Waals surface area contributed by atoms with E-state index in [0.29, 0.717) is 0 Å². The van der Waals surface area contributed by atoms with E-state index in [1.165, 1.54) is 0 Å². The van der Waals surface area contributed by atoms with Crippen molar-refractivity contribution in [2.24, 2.45) is 5.73 Å². The Hall–Kier alpha value is -0.620. The van der Waals surface area contributed by atoms with Crippen LogP contribution < -0.4 is 5.73 Å². The summed E-state index contributed by atoms with van der Waals surface area (Å²) in [5, 5.41) is 16.4. The molecule has 0 aromatic heterocycles. The van der Waals surface area contributed by atoms with E-state index >= 15 is 0 Å². The first-order chi connectivity index (χ1) is 4.46. The number of carboxylic acids is 2. The van der Waals surface area contributed by atoms with Gasteiger partial charge in [-0.05, 0) is 0 Å². The fourth-order valence-corrected chi connectivity index (χ4v) is 0.505. The summed E-state index contributed by atoms with van der Waals surface area (Å²) in [4.78, 5) is 18.9. The molecule has 0 spiro atoms. The van der Waals surface area contributed by atoms with Crippen molar-refractivity contribution in [2.45, 2.75) is 10.9 Å². The van der Waals surface area contributed by atoms with Crippen molar-refractivity contribution in [2.75, 3.05) is 0 Å². The number of alkyl halides is 1. The molecule has 0 fully saturated rings. The van der Waals surface area contributed by atoms with Crippen LogP contribution in [0.15, 0.2) is 0 Å². The van der Waals surface area contributed by atoms with Crippen LogP contribution in [0.5, 0.6) is 0 Å². The molecule has 0 aromatic rings. The minimum atomic E-state index is -1.41. The maximum atomic E-state index is 10.1. The first-order valence-electron chi connectivity index (χ1n) is 2.32. The van der Waals surface area contributed by atoms with E-state index in [4.69, 9.17) is 15.9 Å². The summed E-state index contributed by atoms with van der Waals surface area (Å²) >= 11 is 2.60. The number of rotatable bonds is 3. The molecule has 2 atom stereocenters. The smallest absolute Gasteiger partial charge is 0.322 e. The highest BCUT2D eigenvalue weighted by atomic mass is 79.9. The Bertz CT molecular complexity index is 141. The number of halogens is 1. The molecular weight excluding hydrogens is 206 g/mol. The van der Waals surface area contributed by atoms with Crippen LogP contribution in [0.2, 0.25) is 0 Å². The first-order valence-corrected chi connectivity index (χ1v) is 3.23. The zero-order chi connectivity index (χ0) is 8.31. The second kappa shape index (κ2) is 3.52. The summed E-state index contributed by atoms with van der Waals surface area (Å²) in [5.41, 5.74) is 4.93. The predicted octanol–water partition coefficient (Wildman–Crippen LogP) is -0.754. The van der Waals surface area contributed by atoms with Crippen molar-refractivity contribution in [3.05, 3.63) is 0 Å². The van der Waals surface area contributed by atoms with Gasteiger partial charge in [-0.25, -0.2) is 0 Å². The molecule has 0 rings (SSSR count). The van der Waals surface area contributed by atoms with Crippen LogP contribution in [-0.2, 0) is 9.59 Å². The van der Waals surface area contributed by atoms with Crippen LogP contribution in [0, 0.1) is 0 Å². The SMILES string of the molecule is N[C@H](C(=O)O)[C@@H](Br)C(=O)O. The minimum Gasteiger partial charge on any atom is -0.480 e. The molecule has 5 nitrogen and oxygen atoms in total. The zero-order valence-corrected chi connectivity index (χ0v) is 6.41. The van der Waals surface area contributed by atoms with Gasteiger partial charge in [-0.15, -0.1) is 0 Å². The molecule has 0 amide bonds. The average Bonchev–Trinajstić information content (AvgIpc) is 1.84. The molecule has 0 unspecified atom stereocenters. The quantitative estimate of drug-likeness (QED) is 0.534. The number of aliphatic carboxylic acids is 2. The molecule has 4 N–H and O–H groups in total. The number of hydrogen-bond acceptors (Lipinski definition) is 3. The monoisotopic (exact) mass is 211 g/mol. The summed E-state index contributed by atoms with van der Waals surface area (Å²) in [5.74, 6) is -2.63. The first kappa shape index (κ1) is 9.38. The van der Waals surface area contributed by atoms with Crippen LogP contribution in [-0.4, -0.2) is 33.0 Å². The fraction of sp³-hybridized carbons (Fsp3) is 0.500. The summed E-state index contributed by atoms with van der Waals surface area (Å²) in [6.45, 7) is 0. The topological polar surface area (TPSA) is 101 Å². The molecule has 0 saturated heterocycles. The minimum absolute atomic E-state index is 1.23. The highest BCUT2D eigenvalue weighted by Gasteiger charge is 2.27. The normalized spacial score (nSPS) is 15.8. The number of hydrogen-bond donors (Lipinski definition) is 3. The predicted molar refractivity (Wildman–Crippen MR) is 36.0 cm³/mol. The maximum absolute atomic E-state index is 10.1. The molecule has 10 heavy (non-hydrogen) atoms. The largest absolute Gasteiger partial charge is 0.480 e. The van der Waals surface area contributed by atoms with Crippen LogP contribution in [0.25, 0.3) is 0 Å². The van der Waals surface area contributed by atoms with E-state index in [2.05, 4.69) is 15.9 Å². The highest BCUT2D eigenvalue weighted by molar-refractivity contribution is 9.10. The van der Waals surface area contributed by atoms with Crippen molar-refractivity contribution >= 4 is 27.9 Å². The molecule has 0 heterocycles. The van der Waals surface area contributed by atoms with Crippen molar-refractivity contribution in [3.63, 3.8) is 0 Å². The van der Waals surface area contributed by atoms with E-state index in [1.807, 2.05) is 0 Å². The third kappa shape index (κ3) is 2.32. The molecule has 0 bridgehead atoms. The van der Waals surface area contributed by atoms with Crippen molar-refractivity contribution in [1.82, 2.24) is 0 Å². The van der Waals surface area contributed by atoms with Gasteiger partial charge in [0.15, 0.2) is 0 Å². The maximum Gasteiger partial charge on any atom is 0.322 e. The van der Waals surface area contributed by atoms with E-state index in [1.54, 1.807) is 0 Å². The lowest BCUT2D eigenvalue weighted by atomic mass is 10.2. The Morgan fingerprint density at radius 1 is 1.30 bits per heavy atom. The van der Waals surface area contributed by atoms with Gasteiger partial charge < -0.3 is 15.9 Å². The molecule has 0 aliphatic rings. The Morgan fingerprint density at radius 2 is 1.70 bits per heavy atom. The molecule has 0 aliphatic carbocycles. The van der Waals surface area contributed by atoms with Crippen LogP contribution >= 0.6 is 15.9 Å². The average molecular weight is 212 g/mol. The Labute approximate surface area is 65.0 Å². The number of carboxylic acid groups (broad SMARTS) is 2. The molecule has 0 aromatic carbocycles. The third-order valence-corrected chi connectivity index (χ3v) is 1.80. The lowest BCUT2D eigenvalue weighted by molar-refractivity contribution is -0.144. The lowest BCUT2D eigenvalue weighted by Crippen LogP contribution is -2.42. The molecule has 6 heteroatoms. The van der Waals surface area contributed by atoms with Gasteiger partial charge in [-0.3, -0.25) is 9.59 Å². The number of carbonyl (C=O) groups is 2. The Balaban J connectivity index is 4.07. The highest BCUT2D eigenvalue weighted by Crippen LogP contribution is 2.03. The van der Waals surface area contributed by atoms with Crippen LogP contribution in [0.4, 0.5) is 0 Å². The fourth-order valence-electron chi connectivity index (χ4n) is 0.279. The molecular formula is C4H6BrNO4. The van der Waals surface area contributed by atoms with Gasteiger partial charge >= 0.3 is 11.9 Å². The second-order valence-electron chi connectivity index (χ2n) is 1.60. The van der Waals surface area contributed by atoms with E-state index in [9.17, 15) is 9.59 Å². The van der Waals surface area contributed by atoms with Crippen molar-refractivity contribution < 1.29 is 19.8 Å². The Morgan fingerprint density at radius 3 is 1.80 bits per heavy atom. The third-order valence-electron chi connectivity index (χ3n) is 0.836. The van der Waals surface area contributed by atoms with Gasteiger partial charge in [0.25, 0.3) is 0 Å². The summed E-state index contributed by atoms with van der Waals surface area (Å²) in [6, 6.07) is -1.41. The summed E-state index contributed by atoms with van der Waals surface area (Å²) < 4.78 is 0. The standard InChI is InChI=1S/C4H6BrNO4/c5-1(3(7)8)2(6)4(9)10/h1-2H,6H2,(H,7,8)(H,9,10)/t1-,2+/m1/s1. The second-order valence-corrected chi connectivity index (χ2v) is 2.59. The van der Waals surface area contributed by atoms with Crippen LogP contribution in [0.3, 0.4) is 0 Å². The van der Waals surface area contributed by atoms with Crippen molar-refractivity contribution in [1.29, 1.82) is 0 Å². The number of nitrogens with two attached hydrogens (primary N) is 1. The van der Waals surface area contributed by atoms with Gasteiger partial charge in [0, 0.05) is 0 Å². The molecule has 0 radical (unpaired) electrons. The van der Waals surface area contributed by atoms with E-state index in [0.717, 1.165) is 0 Å². The van der Waals surface area contributed by atoms with Gasteiger partial charge in [-0.2, -0.15) is 0 Å².